The Morgan fingerprint density at radius 2 is 1.38 bits per heavy atom. The quantitative estimate of drug-likeness (QED) is 0.135. The van der Waals surface area contributed by atoms with Crippen molar-refractivity contribution in [2.24, 2.45) is 0 Å². The van der Waals surface area contributed by atoms with Gasteiger partial charge in [0.05, 0.1) is 38.3 Å². The number of para-hydroxylation sites is 2. The summed E-state index contributed by atoms with van der Waals surface area (Å²) in [5.41, 5.74) is 3.72. The van der Waals surface area contributed by atoms with Crippen LogP contribution in [0.4, 0.5) is 0 Å². The van der Waals surface area contributed by atoms with Crippen molar-refractivity contribution < 1.29 is 28.4 Å². The Labute approximate surface area is 253 Å². The SMILES string of the molecule is C=CCOc1ccccc1OCC1CO1.C=CSC(COCC1CO1)c1ccccc1.C=Cc1ccc(C2CO2)cc1. The number of benzene rings is 3. The molecule has 3 aromatic carbocycles. The lowest BCUT2D eigenvalue weighted by atomic mass is 10.1. The van der Waals surface area contributed by atoms with Crippen molar-refractivity contribution in [2.75, 3.05) is 46.2 Å². The second-order valence-corrected chi connectivity index (χ2v) is 10.9. The third-order valence-corrected chi connectivity index (χ3v) is 7.25. The van der Waals surface area contributed by atoms with Gasteiger partial charge >= 0.3 is 0 Å². The summed E-state index contributed by atoms with van der Waals surface area (Å²) in [4.78, 5) is 0. The van der Waals surface area contributed by atoms with Crippen LogP contribution in [0.3, 0.4) is 0 Å². The van der Waals surface area contributed by atoms with Gasteiger partial charge in [0.1, 0.15) is 31.5 Å². The lowest BCUT2D eigenvalue weighted by Crippen LogP contribution is -2.08. The van der Waals surface area contributed by atoms with Gasteiger partial charge in [-0.25, -0.2) is 0 Å². The number of rotatable bonds is 15. The minimum atomic E-state index is 0.262. The Balaban J connectivity index is 0.000000147. The first-order chi connectivity index (χ1) is 20.7. The third kappa shape index (κ3) is 11.9. The molecular formula is C35H40O6S. The van der Waals surface area contributed by atoms with E-state index in [0.29, 0.717) is 43.9 Å². The number of hydrogen-bond acceptors (Lipinski definition) is 7. The molecule has 3 aliphatic rings. The summed E-state index contributed by atoms with van der Waals surface area (Å²) >= 11 is 1.70. The first kappa shape index (κ1) is 31.6. The van der Waals surface area contributed by atoms with Gasteiger partial charge in [-0.05, 0) is 34.2 Å². The van der Waals surface area contributed by atoms with E-state index < -0.39 is 0 Å². The summed E-state index contributed by atoms with van der Waals surface area (Å²) < 4.78 is 32.0. The molecule has 3 fully saturated rings. The molecular weight excluding hydrogens is 548 g/mol. The predicted octanol–water partition coefficient (Wildman–Crippen LogP) is 7.45. The molecule has 4 atom stereocenters. The van der Waals surface area contributed by atoms with Crippen molar-refractivity contribution in [3.63, 3.8) is 0 Å². The molecule has 6 nitrogen and oxygen atoms in total. The molecule has 3 saturated heterocycles. The number of ether oxygens (including phenoxy) is 6. The van der Waals surface area contributed by atoms with Crippen molar-refractivity contribution in [3.05, 3.63) is 127 Å². The van der Waals surface area contributed by atoms with E-state index in [4.69, 9.17) is 28.4 Å². The first-order valence-electron chi connectivity index (χ1n) is 14.1. The smallest absolute Gasteiger partial charge is 0.161 e. The highest BCUT2D eigenvalue weighted by Gasteiger charge is 2.25. The van der Waals surface area contributed by atoms with Gasteiger partial charge in [-0.1, -0.05) is 98.6 Å². The zero-order chi connectivity index (χ0) is 29.4. The van der Waals surface area contributed by atoms with Crippen molar-refractivity contribution >= 4 is 17.8 Å². The van der Waals surface area contributed by atoms with Crippen LogP contribution in [0, 0.1) is 0 Å². The van der Waals surface area contributed by atoms with Gasteiger partial charge in [-0.2, -0.15) is 0 Å². The van der Waals surface area contributed by atoms with Crippen LogP contribution in [0.5, 0.6) is 11.5 Å². The van der Waals surface area contributed by atoms with E-state index in [-0.39, 0.29) is 6.10 Å². The van der Waals surface area contributed by atoms with Crippen LogP contribution in [-0.2, 0) is 18.9 Å². The van der Waals surface area contributed by atoms with Crippen molar-refractivity contribution in [2.45, 2.75) is 23.6 Å². The van der Waals surface area contributed by atoms with Crippen LogP contribution in [0.2, 0.25) is 0 Å². The van der Waals surface area contributed by atoms with Crippen LogP contribution in [-0.4, -0.2) is 58.5 Å². The summed E-state index contributed by atoms with van der Waals surface area (Å²) in [5.74, 6) is 1.51. The maximum atomic E-state index is 5.63. The Hall–Kier alpha value is -3.33. The third-order valence-electron chi connectivity index (χ3n) is 6.32. The summed E-state index contributed by atoms with van der Waals surface area (Å²) in [5, 5.41) is 2.20. The lowest BCUT2D eigenvalue weighted by Gasteiger charge is -2.14. The molecule has 222 valence electrons. The first-order valence-corrected chi connectivity index (χ1v) is 15.1. The van der Waals surface area contributed by atoms with Crippen LogP contribution < -0.4 is 9.47 Å². The second kappa shape index (κ2) is 17.6. The Morgan fingerprint density at radius 1 is 0.762 bits per heavy atom. The molecule has 0 aromatic heterocycles. The van der Waals surface area contributed by atoms with Crippen molar-refractivity contribution in [1.82, 2.24) is 0 Å². The molecule has 4 unspecified atom stereocenters. The highest BCUT2D eigenvalue weighted by Crippen LogP contribution is 2.31. The molecule has 7 heteroatoms. The van der Waals surface area contributed by atoms with Gasteiger partial charge in [0.2, 0.25) is 0 Å². The van der Waals surface area contributed by atoms with E-state index in [1.54, 1.807) is 17.8 Å². The molecule has 0 radical (unpaired) electrons. The molecule has 6 rings (SSSR count). The minimum absolute atomic E-state index is 0.262. The molecule has 0 amide bonds. The minimum Gasteiger partial charge on any atom is -0.487 e. The molecule has 0 aliphatic carbocycles. The molecule has 3 aliphatic heterocycles. The zero-order valence-electron chi connectivity index (χ0n) is 24.0. The Kier molecular flexibility index (Phi) is 13.2. The van der Waals surface area contributed by atoms with Crippen molar-refractivity contribution in [3.8, 4) is 11.5 Å². The maximum absolute atomic E-state index is 5.63. The molecule has 0 spiro atoms. The fraction of sp³-hybridized carbons (Fsp3) is 0.314. The highest BCUT2D eigenvalue weighted by atomic mass is 32.2. The van der Waals surface area contributed by atoms with Crippen LogP contribution >= 0.6 is 11.8 Å². The monoisotopic (exact) mass is 588 g/mol. The van der Waals surface area contributed by atoms with Gasteiger partial charge < -0.3 is 28.4 Å². The van der Waals surface area contributed by atoms with Gasteiger partial charge in [-0.3, -0.25) is 0 Å². The fourth-order valence-electron chi connectivity index (χ4n) is 3.74. The van der Waals surface area contributed by atoms with E-state index in [1.165, 1.54) is 11.1 Å². The van der Waals surface area contributed by atoms with E-state index in [9.17, 15) is 0 Å². The number of thioether (sulfide) groups is 1. The van der Waals surface area contributed by atoms with Gasteiger partial charge in [0.25, 0.3) is 0 Å². The standard InChI is InChI=1S/C13H16O2S.C12H14O3.C10H10O/c1-2-16-13(10-14-8-12-9-15-12)11-6-4-3-5-7-11;1-2-7-13-11-5-3-4-6-12(11)15-9-10-8-14-10;1-2-8-3-5-9(6-4-8)10-7-11-10/h2-7,12-13H,1,8-10H2;2-6,10H,1,7-9H2;2-6,10H,1,7H2. The normalized spacial score (nSPS) is 19.9. The molecule has 0 N–H and O–H groups in total. The summed E-state index contributed by atoms with van der Waals surface area (Å²) in [6, 6.07) is 26.3. The van der Waals surface area contributed by atoms with Crippen LogP contribution in [0.1, 0.15) is 28.0 Å². The van der Waals surface area contributed by atoms with Gasteiger partial charge in [0.15, 0.2) is 11.5 Å². The second-order valence-electron chi connectivity index (χ2n) is 9.70. The highest BCUT2D eigenvalue weighted by molar-refractivity contribution is 8.02. The summed E-state index contributed by atoms with van der Waals surface area (Å²) in [6.07, 6.45) is 4.52. The maximum Gasteiger partial charge on any atom is 0.161 e. The predicted molar refractivity (Wildman–Crippen MR) is 170 cm³/mol. The lowest BCUT2D eigenvalue weighted by molar-refractivity contribution is 0.118. The van der Waals surface area contributed by atoms with E-state index >= 15 is 0 Å². The number of hydrogen-bond donors (Lipinski definition) is 0. The van der Waals surface area contributed by atoms with Crippen LogP contribution in [0.15, 0.2) is 110 Å². The van der Waals surface area contributed by atoms with Crippen LogP contribution in [0.25, 0.3) is 6.08 Å². The summed E-state index contributed by atoms with van der Waals surface area (Å²) in [6.45, 7) is 16.1. The molecule has 3 heterocycles. The molecule has 42 heavy (non-hydrogen) atoms. The van der Waals surface area contributed by atoms with Gasteiger partial charge in [0, 0.05) is 0 Å². The fourth-order valence-corrected chi connectivity index (χ4v) is 4.46. The molecule has 0 bridgehead atoms. The zero-order valence-corrected chi connectivity index (χ0v) is 24.8. The largest absolute Gasteiger partial charge is 0.487 e. The Bertz CT molecular complexity index is 1220. The molecule has 0 saturated carbocycles. The average molecular weight is 589 g/mol. The average Bonchev–Trinajstić information content (AvgIpc) is 3.89. The van der Waals surface area contributed by atoms with E-state index in [2.05, 4.69) is 68.3 Å². The Morgan fingerprint density at radius 3 is 1.95 bits per heavy atom. The number of epoxide rings is 3. The van der Waals surface area contributed by atoms with Crippen molar-refractivity contribution in [1.29, 1.82) is 0 Å². The summed E-state index contributed by atoms with van der Waals surface area (Å²) in [7, 11) is 0. The van der Waals surface area contributed by atoms with Gasteiger partial charge in [-0.15, -0.1) is 11.8 Å². The topological polar surface area (TPSA) is 65.3 Å². The molecule has 3 aromatic rings. The van der Waals surface area contributed by atoms with E-state index in [0.717, 1.165) is 36.9 Å². The van der Waals surface area contributed by atoms with E-state index in [1.807, 2.05) is 41.8 Å².